The smallest absolute Gasteiger partial charge is 0.407 e. The second kappa shape index (κ2) is 6.43. The SMILES string of the molecule is Cn1c(=O)n(C2CCCN(C(=O)O)C2)c2nc(-c3cnn4ccccc34)ncc21. The summed E-state index contributed by atoms with van der Waals surface area (Å²) in [6, 6.07) is 5.47. The minimum absolute atomic E-state index is 0.219. The van der Waals surface area contributed by atoms with Gasteiger partial charge in [-0.1, -0.05) is 6.07 Å². The van der Waals surface area contributed by atoms with Gasteiger partial charge in [0.05, 0.1) is 29.5 Å². The Morgan fingerprint density at radius 1 is 1.24 bits per heavy atom. The van der Waals surface area contributed by atoms with E-state index < -0.39 is 6.09 Å². The molecule has 1 fully saturated rings. The van der Waals surface area contributed by atoms with Crippen molar-refractivity contribution in [3.05, 3.63) is 47.3 Å². The molecule has 4 aromatic heterocycles. The molecule has 1 unspecified atom stereocenters. The van der Waals surface area contributed by atoms with Gasteiger partial charge in [0.2, 0.25) is 0 Å². The van der Waals surface area contributed by atoms with Crippen molar-refractivity contribution in [1.82, 2.24) is 33.6 Å². The van der Waals surface area contributed by atoms with Crippen molar-refractivity contribution in [2.24, 2.45) is 7.05 Å². The van der Waals surface area contributed by atoms with Crippen molar-refractivity contribution < 1.29 is 9.90 Å². The highest BCUT2D eigenvalue weighted by molar-refractivity contribution is 5.79. The summed E-state index contributed by atoms with van der Waals surface area (Å²) in [5.74, 6) is 0.476. The van der Waals surface area contributed by atoms with Crippen molar-refractivity contribution in [3.63, 3.8) is 0 Å². The highest BCUT2D eigenvalue weighted by Crippen LogP contribution is 2.26. The number of pyridine rings is 1. The summed E-state index contributed by atoms with van der Waals surface area (Å²) >= 11 is 0. The fraction of sp³-hybridized carbons (Fsp3) is 0.316. The Hall–Kier alpha value is -3.69. The lowest BCUT2D eigenvalue weighted by atomic mass is 10.1. The zero-order chi connectivity index (χ0) is 20.1. The standard InChI is InChI=1S/C19H19N7O3/c1-23-15-10-20-16(13-9-21-25-8-3-2-6-14(13)25)22-17(15)26(18(23)27)12-5-4-7-24(11-12)19(28)29/h2-3,6,8-10,12H,4-5,7,11H2,1H3,(H,28,29). The van der Waals surface area contributed by atoms with Gasteiger partial charge in [0.15, 0.2) is 11.5 Å². The number of imidazole rings is 1. The van der Waals surface area contributed by atoms with Crippen LogP contribution in [0.2, 0.25) is 0 Å². The number of carboxylic acid groups (broad SMARTS) is 1. The Morgan fingerprint density at radius 2 is 2.10 bits per heavy atom. The van der Waals surface area contributed by atoms with Crippen LogP contribution in [-0.2, 0) is 7.05 Å². The second-order valence-corrected chi connectivity index (χ2v) is 7.23. The molecule has 4 aromatic rings. The van der Waals surface area contributed by atoms with E-state index in [4.69, 9.17) is 4.98 Å². The maximum atomic E-state index is 12.9. The van der Waals surface area contributed by atoms with Gasteiger partial charge in [0, 0.05) is 26.3 Å². The molecule has 0 radical (unpaired) electrons. The average Bonchev–Trinajstić information content (AvgIpc) is 3.27. The molecule has 0 saturated carbocycles. The van der Waals surface area contributed by atoms with E-state index in [1.165, 1.54) is 9.47 Å². The number of likely N-dealkylation sites (tertiary alicyclic amines) is 1. The Labute approximate surface area is 164 Å². The molecule has 0 aromatic carbocycles. The summed E-state index contributed by atoms with van der Waals surface area (Å²) in [4.78, 5) is 34.9. The number of fused-ring (bicyclic) bond motifs is 2. The first-order valence-electron chi connectivity index (χ1n) is 9.39. The van der Waals surface area contributed by atoms with Gasteiger partial charge in [-0.25, -0.2) is 24.1 Å². The summed E-state index contributed by atoms with van der Waals surface area (Å²) in [5, 5.41) is 13.7. The first-order chi connectivity index (χ1) is 14.0. The van der Waals surface area contributed by atoms with E-state index in [0.29, 0.717) is 30.0 Å². The first kappa shape index (κ1) is 17.4. The lowest BCUT2D eigenvalue weighted by Crippen LogP contribution is -2.42. The van der Waals surface area contributed by atoms with Crippen LogP contribution in [0.1, 0.15) is 18.9 Å². The molecule has 5 rings (SSSR count). The van der Waals surface area contributed by atoms with Gasteiger partial charge >= 0.3 is 11.8 Å². The summed E-state index contributed by atoms with van der Waals surface area (Å²) in [5.41, 5.74) is 2.54. The van der Waals surface area contributed by atoms with E-state index in [9.17, 15) is 14.7 Å². The largest absolute Gasteiger partial charge is 0.465 e. The van der Waals surface area contributed by atoms with Gasteiger partial charge in [-0.3, -0.25) is 9.13 Å². The van der Waals surface area contributed by atoms with Crippen LogP contribution in [-0.4, -0.2) is 57.9 Å². The highest BCUT2D eigenvalue weighted by atomic mass is 16.4. The molecule has 1 aliphatic heterocycles. The number of aryl methyl sites for hydroxylation is 1. The Kier molecular flexibility index (Phi) is 3.86. The molecule has 1 aliphatic rings. The molecule has 5 heterocycles. The zero-order valence-corrected chi connectivity index (χ0v) is 15.8. The van der Waals surface area contributed by atoms with Crippen molar-refractivity contribution in [2.75, 3.05) is 13.1 Å². The van der Waals surface area contributed by atoms with Gasteiger partial charge in [0.1, 0.15) is 5.52 Å². The van der Waals surface area contributed by atoms with Crippen LogP contribution in [0, 0.1) is 0 Å². The molecule has 148 valence electrons. The predicted octanol–water partition coefficient (Wildman–Crippen LogP) is 1.76. The second-order valence-electron chi connectivity index (χ2n) is 7.23. The van der Waals surface area contributed by atoms with Gasteiger partial charge in [0.25, 0.3) is 0 Å². The van der Waals surface area contributed by atoms with Crippen molar-refractivity contribution >= 4 is 22.8 Å². The van der Waals surface area contributed by atoms with Gasteiger partial charge in [-0.15, -0.1) is 0 Å². The number of aromatic nitrogens is 6. The number of hydrogen-bond acceptors (Lipinski definition) is 5. The van der Waals surface area contributed by atoms with Gasteiger partial charge in [-0.05, 0) is 25.0 Å². The third-order valence-electron chi connectivity index (χ3n) is 5.53. The number of amides is 1. The highest BCUT2D eigenvalue weighted by Gasteiger charge is 2.28. The van der Waals surface area contributed by atoms with E-state index in [1.807, 2.05) is 24.4 Å². The molecule has 10 nitrogen and oxygen atoms in total. The molecule has 1 N–H and O–H groups in total. The fourth-order valence-electron chi connectivity index (χ4n) is 4.04. The quantitative estimate of drug-likeness (QED) is 0.556. The van der Waals surface area contributed by atoms with Crippen LogP contribution >= 0.6 is 0 Å². The summed E-state index contributed by atoms with van der Waals surface area (Å²) in [6.45, 7) is 0.748. The molecule has 1 amide bonds. The first-order valence-corrected chi connectivity index (χ1v) is 9.39. The molecule has 1 atom stereocenters. The normalized spacial score (nSPS) is 17.3. The van der Waals surface area contributed by atoms with E-state index in [0.717, 1.165) is 17.5 Å². The van der Waals surface area contributed by atoms with Gasteiger partial charge in [-0.2, -0.15) is 5.10 Å². The molecular weight excluding hydrogens is 374 g/mol. The number of carbonyl (C=O) groups is 1. The Morgan fingerprint density at radius 3 is 2.93 bits per heavy atom. The molecule has 1 saturated heterocycles. The van der Waals surface area contributed by atoms with E-state index in [-0.39, 0.29) is 18.3 Å². The van der Waals surface area contributed by atoms with Crippen LogP contribution in [0.15, 0.2) is 41.6 Å². The van der Waals surface area contributed by atoms with E-state index in [1.54, 1.807) is 28.5 Å². The summed E-state index contributed by atoms with van der Waals surface area (Å²) in [7, 11) is 1.68. The maximum absolute atomic E-state index is 12.9. The van der Waals surface area contributed by atoms with Crippen molar-refractivity contribution in [2.45, 2.75) is 18.9 Å². The van der Waals surface area contributed by atoms with E-state index in [2.05, 4.69) is 10.1 Å². The molecule has 29 heavy (non-hydrogen) atoms. The third kappa shape index (κ3) is 2.67. The van der Waals surface area contributed by atoms with Crippen LogP contribution in [0.5, 0.6) is 0 Å². The van der Waals surface area contributed by atoms with Crippen LogP contribution < -0.4 is 5.69 Å². The number of piperidine rings is 1. The summed E-state index contributed by atoms with van der Waals surface area (Å²) < 4.78 is 4.86. The third-order valence-corrected chi connectivity index (χ3v) is 5.53. The predicted molar refractivity (Wildman–Crippen MR) is 105 cm³/mol. The zero-order valence-electron chi connectivity index (χ0n) is 15.8. The Balaban J connectivity index is 1.67. The number of rotatable bonds is 2. The average molecular weight is 393 g/mol. The van der Waals surface area contributed by atoms with Gasteiger partial charge < -0.3 is 10.0 Å². The molecule has 0 aliphatic carbocycles. The molecular formula is C19H19N7O3. The summed E-state index contributed by atoms with van der Waals surface area (Å²) in [6.07, 6.45) is 5.64. The Bertz CT molecular complexity index is 1300. The van der Waals surface area contributed by atoms with Crippen LogP contribution in [0.25, 0.3) is 28.1 Å². The lowest BCUT2D eigenvalue weighted by Gasteiger charge is -2.31. The lowest BCUT2D eigenvalue weighted by molar-refractivity contribution is 0.121. The molecule has 0 bridgehead atoms. The van der Waals surface area contributed by atoms with Crippen molar-refractivity contribution in [1.29, 1.82) is 0 Å². The number of hydrogen-bond donors (Lipinski definition) is 1. The van der Waals surface area contributed by atoms with Crippen LogP contribution in [0.3, 0.4) is 0 Å². The number of nitrogens with zero attached hydrogens (tertiary/aromatic N) is 7. The molecule has 0 spiro atoms. The topological polar surface area (TPSA) is 111 Å². The minimum Gasteiger partial charge on any atom is -0.465 e. The maximum Gasteiger partial charge on any atom is 0.407 e. The fourth-order valence-corrected chi connectivity index (χ4v) is 4.04. The monoisotopic (exact) mass is 393 g/mol. The van der Waals surface area contributed by atoms with Crippen LogP contribution in [0.4, 0.5) is 4.79 Å². The van der Waals surface area contributed by atoms with Crippen molar-refractivity contribution in [3.8, 4) is 11.4 Å². The van der Waals surface area contributed by atoms with E-state index >= 15 is 0 Å². The minimum atomic E-state index is -0.968. The molecule has 10 heteroatoms.